The first kappa shape index (κ1) is 19.5. The molecule has 6 heteroatoms. The van der Waals surface area contributed by atoms with Gasteiger partial charge in [0.15, 0.2) is 0 Å². The van der Waals surface area contributed by atoms with Gasteiger partial charge in [-0.25, -0.2) is 0 Å². The third-order valence-electron chi connectivity index (χ3n) is 5.19. The van der Waals surface area contributed by atoms with Crippen LogP contribution in [0.3, 0.4) is 0 Å². The number of rotatable bonds is 7. The summed E-state index contributed by atoms with van der Waals surface area (Å²) in [6.45, 7) is 7.27. The topological polar surface area (TPSA) is 49.7 Å². The van der Waals surface area contributed by atoms with Gasteiger partial charge in [0.25, 0.3) is 5.91 Å². The highest BCUT2D eigenvalue weighted by molar-refractivity contribution is 5.94. The molecule has 2 heterocycles. The Kier molecular flexibility index (Phi) is 6.53. The van der Waals surface area contributed by atoms with Gasteiger partial charge in [0.05, 0.1) is 12.6 Å². The molecule has 6 nitrogen and oxygen atoms in total. The minimum absolute atomic E-state index is 0.0496. The highest BCUT2D eigenvalue weighted by atomic mass is 16.5. The highest BCUT2D eigenvalue weighted by Gasteiger charge is 2.26. The van der Waals surface area contributed by atoms with Crippen molar-refractivity contribution in [1.82, 2.24) is 19.7 Å². The Balaban J connectivity index is 1.67. The van der Waals surface area contributed by atoms with E-state index in [1.807, 2.05) is 31.2 Å². The first-order valence-electron chi connectivity index (χ1n) is 9.63. The molecule has 2 aromatic rings. The van der Waals surface area contributed by atoms with Gasteiger partial charge >= 0.3 is 0 Å². The molecular weight excluding hydrogens is 340 g/mol. The van der Waals surface area contributed by atoms with Gasteiger partial charge in [0.1, 0.15) is 5.75 Å². The number of aryl methyl sites for hydroxylation is 1. The van der Waals surface area contributed by atoms with Gasteiger partial charge < -0.3 is 19.5 Å². The Morgan fingerprint density at radius 3 is 2.41 bits per heavy atom. The molecule has 1 fully saturated rings. The van der Waals surface area contributed by atoms with Gasteiger partial charge in [-0.3, -0.25) is 9.69 Å². The third kappa shape index (κ3) is 4.90. The van der Waals surface area contributed by atoms with Crippen LogP contribution in [0.25, 0.3) is 0 Å². The zero-order valence-corrected chi connectivity index (χ0v) is 16.5. The summed E-state index contributed by atoms with van der Waals surface area (Å²) in [5.74, 6) is 0.736. The maximum atomic E-state index is 12.6. The van der Waals surface area contributed by atoms with Crippen molar-refractivity contribution in [3.8, 4) is 5.75 Å². The van der Waals surface area contributed by atoms with Crippen LogP contribution < -0.4 is 10.1 Å². The Morgan fingerprint density at radius 1 is 1.11 bits per heavy atom. The summed E-state index contributed by atoms with van der Waals surface area (Å²) >= 11 is 0. The first-order valence-corrected chi connectivity index (χ1v) is 9.63. The predicted octanol–water partition coefficient (Wildman–Crippen LogP) is 2.14. The van der Waals surface area contributed by atoms with E-state index in [0.29, 0.717) is 18.7 Å². The fraction of sp³-hybridized carbons (Fsp3) is 0.476. The monoisotopic (exact) mass is 370 g/mol. The lowest BCUT2D eigenvalue weighted by Gasteiger charge is -2.38. The molecule has 0 radical (unpaired) electrons. The Bertz CT molecular complexity index is 733. The number of carbonyl (C=O) groups is 1. The average molecular weight is 370 g/mol. The van der Waals surface area contributed by atoms with E-state index >= 15 is 0 Å². The van der Waals surface area contributed by atoms with Crippen LogP contribution >= 0.6 is 0 Å². The molecule has 146 valence electrons. The van der Waals surface area contributed by atoms with Gasteiger partial charge in [-0.05, 0) is 50.4 Å². The number of nitrogens with one attached hydrogen (secondary N) is 1. The van der Waals surface area contributed by atoms with Crippen molar-refractivity contribution in [3.05, 3.63) is 53.9 Å². The number of likely N-dealkylation sites (N-methyl/N-ethyl adjacent to an activating group) is 1. The normalized spacial score (nSPS) is 16.9. The highest BCUT2D eigenvalue weighted by Crippen LogP contribution is 2.22. The first-order chi connectivity index (χ1) is 13.1. The van der Waals surface area contributed by atoms with Crippen LogP contribution in [-0.4, -0.2) is 66.7 Å². The molecule has 1 aromatic heterocycles. The van der Waals surface area contributed by atoms with Crippen LogP contribution in [0.2, 0.25) is 0 Å². The lowest BCUT2D eigenvalue weighted by atomic mass is 10.1. The van der Waals surface area contributed by atoms with Gasteiger partial charge in [-0.1, -0.05) is 0 Å². The number of carbonyl (C=O) groups excluding carboxylic acids is 1. The van der Waals surface area contributed by atoms with E-state index in [9.17, 15) is 4.79 Å². The molecule has 0 saturated carbocycles. The Labute approximate surface area is 161 Å². The van der Waals surface area contributed by atoms with Crippen LogP contribution in [0.5, 0.6) is 5.75 Å². The molecule has 0 aliphatic carbocycles. The SMILES string of the molecule is CCOc1ccc(C(=O)NCC(c2cccn2C)N2CCN(C)CC2)cc1. The van der Waals surface area contributed by atoms with Crippen molar-refractivity contribution in [2.24, 2.45) is 7.05 Å². The fourth-order valence-corrected chi connectivity index (χ4v) is 3.54. The molecule has 1 aromatic carbocycles. The average Bonchev–Trinajstić information content (AvgIpc) is 3.10. The molecule has 3 rings (SSSR count). The molecule has 0 bridgehead atoms. The van der Waals surface area contributed by atoms with Crippen LogP contribution in [0.4, 0.5) is 0 Å². The lowest BCUT2D eigenvalue weighted by molar-refractivity contribution is 0.0877. The summed E-state index contributed by atoms with van der Waals surface area (Å²) in [4.78, 5) is 17.4. The second kappa shape index (κ2) is 9.06. The van der Waals surface area contributed by atoms with E-state index in [-0.39, 0.29) is 11.9 Å². The second-order valence-electron chi connectivity index (χ2n) is 7.07. The quantitative estimate of drug-likeness (QED) is 0.811. The van der Waals surface area contributed by atoms with Crippen molar-refractivity contribution in [2.45, 2.75) is 13.0 Å². The summed E-state index contributed by atoms with van der Waals surface area (Å²) in [6, 6.07) is 11.7. The number of hydrogen-bond acceptors (Lipinski definition) is 4. The van der Waals surface area contributed by atoms with Crippen LogP contribution in [0.15, 0.2) is 42.6 Å². The minimum Gasteiger partial charge on any atom is -0.494 e. The molecule has 1 unspecified atom stereocenters. The maximum absolute atomic E-state index is 12.6. The summed E-state index contributed by atoms with van der Waals surface area (Å²) in [6.07, 6.45) is 2.06. The van der Waals surface area contributed by atoms with Gasteiger partial charge in [-0.15, -0.1) is 0 Å². The van der Waals surface area contributed by atoms with Crippen molar-refractivity contribution < 1.29 is 9.53 Å². The lowest BCUT2D eigenvalue weighted by Crippen LogP contribution is -2.48. The molecule has 27 heavy (non-hydrogen) atoms. The van der Waals surface area contributed by atoms with Crippen molar-refractivity contribution in [1.29, 1.82) is 0 Å². The number of hydrogen-bond donors (Lipinski definition) is 1. The molecule has 0 spiro atoms. The minimum atomic E-state index is -0.0496. The zero-order chi connectivity index (χ0) is 19.2. The van der Waals surface area contributed by atoms with E-state index in [4.69, 9.17) is 4.74 Å². The molecule has 1 aliphatic rings. The standard InChI is InChI=1S/C21H30N4O2/c1-4-27-18-9-7-17(8-10-18)21(26)22-16-20(19-6-5-11-24(19)3)25-14-12-23(2)13-15-25/h5-11,20H,4,12-16H2,1-3H3,(H,22,26). The number of benzene rings is 1. The molecular formula is C21H30N4O2. The Hall–Kier alpha value is -2.31. The van der Waals surface area contributed by atoms with Gasteiger partial charge in [-0.2, -0.15) is 0 Å². The van der Waals surface area contributed by atoms with Crippen LogP contribution in [-0.2, 0) is 7.05 Å². The maximum Gasteiger partial charge on any atom is 0.251 e. The number of piperazine rings is 1. The number of amides is 1. The van der Waals surface area contributed by atoms with Crippen LogP contribution in [0.1, 0.15) is 29.0 Å². The van der Waals surface area contributed by atoms with Crippen molar-refractivity contribution in [2.75, 3.05) is 46.4 Å². The summed E-state index contributed by atoms with van der Waals surface area (Å²) < 4.78 is 7.59. The smallest absolute Gasteiger partial charge is 0.251 e. The largest absolute Gasteiger partial charge is 0.494 e. The summed E-state index contributed by atoms with van der Waals surface area (Å²) in [5, 5.41) is 3.13. The summed E-state index contributed by atoms with van der Waals surface area (Å²) in [5.41, 5.74) is 1.88. The van der Waals surface area contributed by atoms with Gasteiger partial charge in [0.2, 0.25) is 0 Å². The van der Waals surface area contributed by atoms with Crippen molar-refractivity contribution in [3.63, 3.8) is 0 Å². The second-order valence-corrected chi connectivity index (χ2v) is 7.07. The van der Waals surface area contributed by atoms with E-state index in [0.717, 1.165) is 31.9 Å². The van der Waals surface area contributed by atoms with Gasteiger partial charge in [0, 0.05) is 57.2 Å². The van der Waals surface area contributed by atoms with E-state index in [2.05, 4.69) is 52.1 Å². The number of aromatic nitrogens is 1. The molecule has 1 N–H and O–H groups in total. The van der Waals surface area contributed by atoms with E-state index in [1.54, 1.807) is 0 Å². The number of ether oxygens (including phenoxy) is 1. The van der Waals surface area contributed by atoms with Crippen LogP contribution in [0, 0.1) is 0 Å². The van der Waals surface area contributed by atoms with Crippen molar-refractivity contribution >= 4 is 5.91 Å². The Morgan fingerprint density at radius 2 is 1.81 bits per heavy atom. The third-order valence-corrected chi connectivity index (χ3v) is 5.19. The summed E-state index contributed by atoms with van der Waals surface area (Å²) in [7, 11) is 4.22. The fourth-order valence-electron chi connectivity index (χ4n) is 3.54. The van der Waals surface area contributed by atoms with E-state index < -0.39 is 0 Å². The molecule has 1 atom stereocenters. The molecule has 1 aliphatic heterocycles. The number of nitrogens with zero attached hydrogens (tertiary/aromatic N) is 3. The zero-order valence-electron chi connectivity index (χ0n) is 16.5. The molecule has 1 saturated heterocycles. The van der Waals surface area contributed by atoms with E-state index in [1.165, 1.54) is 5.69 Å². The molecule has 1 amide bonds. The predicted molar refractivity (Wildman–Crippen MR) is 107 cm³/mol.